The number of aliphatic hydroxyl groups excluding tert-OH is 1. The number of aliphatic hydroxyl groups is 1. The molecule has 19 heavy (non-hydrogen) atoms. The Labute approximate surface area is 110 Å². The van der Waals surface area contributed by atoms with Crippen LogP contribution in [0, 0.1) is 11.3 Å². The van der Waals surface area contributed by atoms with E-state index in [1.54, 1.807) is 42.5 Å². The highest BCUT2D eigenvalue weighted by Crippen LogP contribution is 2.28. The van der Waals surface area contributed by atoms with Gasteiger partial charge in [0, 0.05) is 11.3 Å². The maximum absolute atomic E-state index is 9.15. The van der Waals surface area contributed by atoms with Gasteiger partial charge in [-0.05, 0) is 42.5 Å². The summed E-state index contributed by atoms with van der Waals surface area (Å²) in [6.45, 7) is -0.246. The lowest BCUT2D eigenvalue weighted by atomic mass is 10.2. The summed E-state index contributed by atoms with van der Waals surface area (Å²) in [6, 6.07) is 13.5. The van der Waals surface area contributed by atoms with Gasteiger partial charge in [-0.25, -0.2) is 0 Å². The van der Waals surface area contributed by atoms with E-state index in [0.29, 0.717) is 28.3 Å². The minimum Gasteiger partial charge on any atom is -0.706 e. The van der Waals surface area contributed by atoms with Crippen molar-refractivity contribution in [2.24, 2.45) is 5.11 Å². The van der Waals surface area contributed by atoms with E-state index in [4.69, 9.17) is 20.6 Å². The molecular formula is C14H10N3O2-. The fraction of sp³-hybridized carbons (Fsp3) is 0.0714. The highest BCUT2D eigenvalue weighted by atomic mass is 16.5. The van der Waals surface area contributed by atoms with Gasteiger partial charge in [0.25, 0.3) is 0 Å². The largest absolute Gasteiger partial charge is 0.706 e. The third-order valence-electron chi connectivity index (χ3n) is 2.55. The molecule has 2 aromatic carbocycles. The summed E-state index contributed by atoms with van der Waals surface area (Å²) >= 11 is 0. The van der Waals surface area contributed by atoms with Gasteiger partial charge in [-0.15, -0.1) is 0 Å². The zero-order valence-electron chi connectivity index (χ0n) is 9.95. The maximum atomic E-state index is 9.15. The molecule has 0 fully saturated rings. The van der Waals surface area contributed by atoms with Crippen molar-refractivity contribution in [1.29, 1.82) is 5.26 Å². The molecule has 0 heterocycles. The molecule has 0 radical (unpaired) electrons. The first kappa shape index (κ1) is 12.7. The predicted molar refractivity (Wildman–Crippen MR) is 69.0 cm³/mol. The van der Waals surface area contributed by atoms with E-state index >= 15 is 0 Å². The van der Waals surface area contributed by atoms with E-state index in [9.17, 15) is 0 Å². The monoisotopic (exact) mass is 252 g/mol. The van der Waals surface area contributed by atoms with Gasteiger partial charge < -0.3 is 20.5 Å². The Bertz CT molecular complexity index is 630. The van der Waals surface area contributed by atoms with Crippen LogP contribution in [0.3, 0.4) is 0 Å². The molecule has 0 amide bonds. The molecule has 0 atom stereocenters. The molecule has 2 aromatic rings. The minimum absolute atomic E-state index is 0.246. The van der Waals surface area contributed by atoms with Crippen molar-refractivity contribution < 1.29 is 9.84 Å². The molecule has 0 aromatic heterocycles. The van der Waals surface area contributed by atoms with E-state index in [0.717, 1.165) is 0 Å². The summed E-state index contributed by atoms with van der Waals surface area (Å²) in [5.41, 5.74) is 10.1. The standard InChI is InChI=1S/C14H10N3O2/c15-8-10-1-3-12(4-2-10)19-13-5-6-14(17-16)11(7-13)9-18/h1-7,18H,9H2/q-1. The Morgan fingerprint density at radius 1 is 1.16 bits per heavy atom. The van der Waals surface area contributed by atoms with Crippen molar-refractivity contribution in [2.75, 3.05) is 0 Å². The summed E-state index contributed by atoms with van der Waals surface area (Å²) in [5.74, 6) is 1.10. The van der Waals surface area contributed by atoms with E-state index in [1.165, 1.54) is 0 Å². The van der Waals surface area contributed by atoms with Crippen molar-refractivity contribution in [3.05, 3.63) is 59.1 Å². The molecule has 94 valence electrons. The van der Waals surface area contributed by atoms with Gasteiger partial charge in [0.05, 0.1) is 18.2 Å². The highest BCUT2D eigenvalue weighted by Gasteiger charge is 2.03. The summed E-state index contributed by atoms with van der Waals surface area (Å²) in [4.78, 5) is 0. The van der Waals surface area contributed by atoms with Crippen molar-refractivity contribution in [3.63, 3.8) is 0 Å². The zero-order chi connectivity index (χ0) is 13.7. The molecule has 0 aliphatic carbocycles. The molecule has 2 rings (SSSR count). The van der Waals surface area contributed by atoms with Gasteiger partial charge >= 0.3 is 0 Å². The summed E-state index contributed by atoms with van der Waals surface area (Å²) in [6.07, 6.45) is 0. The van der Waals surface area contributed by atoms with Crippen molar-refractivity contribution >= 4 is 5.69 Å². The third kappa shape index (κ3) is 2.94. The normalized spacial score (nSPS) is 9.68. The number of rotatable bonds is 4. The molecule has 0 unspecified atom stereocenters. The van der Waals surface area contributed by atoms with Crippen molar-refractivity contribution in [3.8, 4) is 17.6 Å². The van der Waals surface area contributed by atoms with Gasteiger partial charge in [-0.3, -0.25) is 0 Å². The molecule has 5 nitrogen and oxygen atoms in total. The molecule has 1 N–H and O–H groups in total. The molecule has 0 saturated carbocycles. The minimum atomic E-state index is -0.246. The molecule has 0 bridgehead atoms. The third-order valence-corrected chi connectivity index (χ3v) is 2.55. The molecular weight excluding hydrogens is 242 g/mol. The Kier molecular flexibility index (Phi) is 3.86. The number of hydrogen-bond donors (Lipinski definition) is 1. The Morgan fingerprint density at radius 2 is 1.84 bits per heavy atom. The molecule has 0 aliphatic rings. The smallest absolute Gasteiger partial charge is 0.127 e. The lowest BCUT2D eigenvalue weighted by Crippen LogP contribution is -1.88. The second kappa shape index (κ2) is 5.76. The van der Waals surface area contributed by atoms with Crippen LogP contribution in [0.2, 0.25) is 0 Å². The van der Waals surface area contributed by atoms with Crippen LogP contribution in [0.15, 0.2) is 47.6 Å². The fourth-order valence-corrected chi connectivity index (χ4v) is 1.58. The number of hydrogen-bond acceptors (Lipinski definition) is 4. The Hall–Kier alpha value is -2.71. The van der Waals surface area contributed by atoms with Crippen molar-refractivity contribution in [2.45, 2.75) is 6.61 Å². The topological polar surface area (TPSA) is 87.9 Å². The molecule has 0 spiro atoms. The summed E-state index contributed by atoms with van der Waals surface area (Å²) in [5, 5.41) is 20.9. The zero-order valence-corrected chi connectivity index (χ0v) is 9.95. The Morgan fingerprint density at radius 3 is 2.42 bits per heavy atom. The van der Waals surface area contributed by atoms with Gasteiger partial charge in [0.2, 0.25) is 0 Å². The van der Waals surface area contributed by atoms with Gasteiger partial charge in [-0.2, -0.15) is 5.26 Å². The number of nitrogens with zero attached hydrogens (tertiary/aromatic N) is 3. The first-order chi connectivity index (χ1) is 9.26. The average Bonchev–Trinajstić information content (AvgIpc) is 2.48. The fourth-order valence-electron chi connectivity index (χ4n) is 1.58. The quantitative estimate of drug-likeness (QED) is 0.844. The second-order valence-corrected chi connectivity index (χ2v) is 3.79. The van der Waals surface area contributed by atoms with Crippen LogP contribution in [-0.2, 0) is 6.61 Å². The lowest BCUT2D eigenvalue weighted by molar-refractivity contribution is 0.282. The maximum Gasteiger partial charge on any atom is 0.127 e. The van der Waals surface area contributed by atoms with Crippen LogP contribution in [-0.4, -0.2) is 5.11 Å². The van der Waals surface area contributed by atoms with E-state index in [1.807, 2.05) is 6.07 Å². The number of nitriles is 1. The SMILES string of the molecule is N#Cc1ccc(Oc2ccc(N=[N-])c(CO)c2)cc1. The first-order valence-electron chi connectivity index (χ1n) is 5.53. The van der Waals surface area contributed by atoms with Crippen LogP contribution in [0.1, 0.15) is 11.1 Å². The van der Waals surface area contributed by atoms with Gasteiger partial charge in [-0.1, -0.05) is 0 Å². The second-order valence-electron chi connectivity index (χ2n) is 3.79. The van der Waals surface area contributed by atoms with Crippen LogP contribution in [0.25, 0.3) is 5.53 Å². The van der Waals surface area contributed by atoms with Crippen LogP contribution < -0.4 is 4.74 Å². The first-order valence-corrected chi connectivity index (χ1v) is 5.53. The van der Waals surface area contributed by atoms with Crippen LogP contribution in [0.5, 0.6) is 11.5 Å². The van der Waals surface area contributed by atoms with E-state index < -0.39 is 0 Å². The Balaban J connectivity index is 2.23. The number of benzene rings is 2. The van der Waals surface area contributed by atoms with Crippen LogP contribution >= 0.6 is 0 Å². The molecule has 5 heteroatoms. The summed E-state index contributed by atoms with van der Waals surface area (Å²) < 4.78 is 5.58. The van der Waals surface area contributed by atoms with E-state index in [2.05, 4.69) is 5.11 Å². The predicted octanol–water partition coefficient (Wildman–Crippen LogP) is 3.50. The lowest BCUT2D eigenvalue weighted by Gasteiger charge is -2.09. The van der Waals surface area contributed by atoms with Crippen molar-refractivity contribution in [1.82, 2.24) is 0 Å². The molecule has 0 aliphatic heterocycles. The number of ether oxygens (including phenoxy) is 1. The van der Waals surface area contributed by atoms with E-state index in [-0.39, 0.29) is 6.61 Å². The molecule has 0 saturated heterocycles. The summed E-state index contributed by atoms with van der Waals surface area (Å²) in [7, 11) is 0. The van der Waals surface area contributed by atoms with Crippen LogP contribution in [0.4, 0.5) is 5.69 Å². The van der Waals surface area contributed by atoms with Gasteiger partial charge in [0.1, 0.15) is 11.5 Å². The average molecular weight is 252 g/mol. The van der Waals surface area contributed by atoms with Gasteiger partial charge in [0.15, 0.2) is 0 Å². The highest BCUT2D eigenvalue weighted by molar-refractivity contribution is 5.50.